The number of aliphatic hydroxyl groups is 1. The normalized spacial score (nSPS) is 55.7. The van der Waals surface area contributed by atoms with E-state index in [4.69, 9.17) is 0 Å². The van der Waals surface area contributed by atoms with Crippen LogP contribution in [0.25, 0.3) is 0 Å². The standard InChI is InChI=1S/C30H48O/c1-19-11-14-27(5)17-18-29(7)21(25(27)20(19)2)9-10-23-28(6)15-13-24(31)26(3,4)22(28)12-16-30(23,29)8/h9,12,19-20,23-25,31H,10-11,13-18H2,1-8H3/t19-,20+,23-,24+,25-,27-,28+,29-,30-/m1/s1. The lowest BCUT2D eigenvalue weighted by molar-refractivity contribution is -0.118. The molecule has 0 aromatic heterocycles. The Bertz CT molecular complexity index is 833. The van der Waals surface area contributed by atoms with Gasteiger partial charge in [-0.15, -0.1) is 0 Å². The Kier molecular flexibility index (Phi) is 4.68. The molecule has 1 N–H and O–H groups in total. The number of allylic oxidation sites excluding steroid dienone is 3. The molecule has 0 aliphatic heterocycles. The molecule has 0 aromatic carbocycles. The van der Waals surface area contributed by atoms with Crippen LogP contribution in [0.5, 0.6) is 0 Å². The maximum atomic E-state index is 10.8. The van der Waals surface area contributed by atoms with Crippen molar-refractivity contribution >= 4 is 0 Å². The van der Waals surface area contributed by atoms with Crippen LogP contribution >= 0.6 is 0 Å². The van der Waals surface area contributed by atoms with Gasteiger partial charge >= 0.3 is 0 Å². The lowest BCUT2D eigenvalue weighted by atomic mass is 9.35. The molecule has 174 valence electrons. The number of hydrogen-bond donors (Lipinski definition) is 1. The summed E-state index contributed by atoms with van der Waals surface area (Å²) in [5, 5.41) is 10.8. The van der Waals surface area contributed by atoms with Crippen LogP contribution in [-0.4, -0.2) is 11.2 Å². The van der Waals surface area contributed by atoms with Crippen molar-refractivity contribution in [2.24, 2.45) is 50.7 Å². The molecular weight excluding hydrogens is 376 g/mol. The van der Waals surface area contributed by atoms with Crippen LogP contribution in [-0.2, 0) is 0 Å². The van der Waals surface area contributed by atoms with Crippen LogP contribution in [0.4, 0.5) is 0 Å². The number of hydrogen-bond acceptors (Lipinski definition) is 1. The highest BCUT2D eigenvalue weighted by atomic mass is 16.3. The first kappa shape index (κ1) is 22.2. The lowest BCUT2D eigenvalue weighted by Gasteiger charge is -2.69. The van der Waals surface area contributed by atoms with Gasteiger partial charge in [-0.25, -0.2) is 0 Å². The predicted molar refractivity (Wildman–Crippen MR) is 131 cm³/mol. The molecule has 9 atom stereocenters. The maximum Gasteiger partial charge on any atom is 0.0628 e. The second-order valence-corrected chi connectivity index (χ2v) is 14.2. The van der Waals surface area contributed by atoms with Crippen molar-refractivity contribution in [1.82, 2.24) is 0 Å². The van der Waals surface area contributed by atoms with Gasteiger partial charge < -0.3 is 5.11 Å². The van der Waals surface area contributed by atoms with E-state index in [9.17, 15) is 5.11 Å². The molecule has 31 heavy (non-hydrogen) atoms. The summed E-state index contributed by atoms with van der Waals surface area (Å²) in [6.07, 6.45) is 15.4. The topological polar surface area (TPSA) is 20.2 Å². The first-order valence-electron chi connectivity index (χ1n) is 13.4. The van der Waals surface area contributed by atoms with Crippen LogP contribution in [0.15, 0.2) is 23.3 Å². The summed E-state index contributed by atoms with van der Waals surface area (Å²) in [6, 6.07) is 0. The Morgan fingerprint density at radius 1 is 0.871 bits per heavy atom. The van der Waals surface area contributed by atoms with Gasteiger partial charge in [-0.3, -0.25) is 0 Å². The first-order valence-corrected chi connectivity index (χ1v) is 13.4. The highest BCUT2D eigenvalue weighted by Gasteiger charge is 2.66. The van der Waals surface area contributed by atoms with Crippen molar-refractivity contribution < 1.29 is 5.11 Å². The summed E-state index contributed by atoms with van der Waals surface area (Å²) in [4.78, 5) is 0. The van der Waals surface area contributed by atoms with Gasteiger partial charge in [-0.05, 0) is 96.7 Å². The van der Waals surface area contributed by atoms with Crippen molar-refractivity contribution in [3.8, 4) is 0 Å². The average molecular weight is 425 g/mol. The summed E-state index contributed by atoms with van der Waals surface area (Å²) < 4.78 is 0. The van der Waals surface area contributed by atoms with Crippen molar-refractivity contribution in [2.75, 3.05) is 0 Å². The summed E-state index contributed by atoms with van der Waals surface area (Å²) >= 11 is 0. The molecule has 0 radical (unpaired) electrons. The van der Waals surface area contributed by atoms with Crippen LogP contribution in [0.3, 0.4) is 0 Å². The van der Waals surface area contributed by atoms with E-state index in [2.05, 4.69) is 67.5 Å². The second-order valence-electron chi connectivity index (χ2n) is 14.2. The van der Waals surface area contributed by atoms with Gasteiger partial charge in [-0.1, -0.05) is 78.7 Å². The Labute approximate surface area is 192 Å². The molecular formula is C30H48O. The second kappa shape index (κ2) is 6.52. The zero-order chi connectivity index (χ0) is 22.6. The van der Waals surface area contributed by atoms with E-state index in [0.29, 0.717) is 22.2 Å². The minimum absolute atomic E-state index is 0.0856. The van der Waals surface area contributed by atoms with Gasteiger partial charge in [0.1, 0.15) is 0 Å². The molecule has 0 heterocycles. The molecule has 3 saturated carbocycles. The Morgan fingerprint density at radius 3 is 2.29 bits per heavy atom. The fourth-order valence-electron chi connectivity index (χ4n) is 10.1. The van der Waals surface area contributed by atoms with E-state index >= 15 is 0 Å². The monoisotopic (exact) mass is 424 g/mol. The third kappa shape index (κ3) is 2.59. The van der Waals surface area contributed by atoms with E-state index in [1.165, 1.54) is 38.5 Å². The minimum atomic E-state index is -0.193. The van der Waals surface area contributed by atoms with Crippen LogP contribution < -0.4 is 0 Å². The minimum Gasteiger partial charge on any atom is -0.392 e. The van der Waals surface area contributed by atoms with E-state index in [1.807, 2.05) is 5.57 Å². The van der Waals surface area contributed by atoms with Crippen molar-refractivity contribution in [2.45, 2.75) is 113 Å². The van der Waals surface area contributed by atoms with Gasteiger partial charge in [0.2, 0.25) is 0 Å². The van der Waals surface area contributed by atoms with Crippen molar-refractivity contribution in [3.63, 3.8) is 0 Å². The van der Waals surface area contributed by atoms with Crippen LogP contribution in [0.1, 0.15) is 107 Å². The number of aliphatic hydroxyl groups excluding tert-OH is 1. The zero-order valence-corrected chi connectivity index (χ0v) is 21.6. The predicted octanol–water partition coefficient (Wildman–Crippen LogP) is 7.94. The molecule has 0 bridgehead atoms. The smallest absolute Gasteiger partial charge is 0.0628 e. The van der Waals surface area contributed by atoms with Gasteiger partial charge in [0.25, 0.3) is 0 Å². The fourth-order valence-corrected chi connectivity index (χ4v) is 10.1. The van der Waals surface area contributed by atoms with Gasteiger partial charge in [0.05, 0.1) is 6.10 Å². The summed E-state index contributed by atoms with van der Waals surface area (Å²) in [7, 11) is 0. The SMILES string of the molecule is C[C@H]1[C@H](C)CC[C@]2(C)CC[C@]3(C)C(=CC[C@@H]4[C@@]5(C)CC[C@H](O)C(C)(C)C5=CC[C@]43C)[C@@H]12. The van der Waals surface area contributed by atoms with Gasteiger partial charge in [0, 0.05) is 5.41 Å². The Morgan fingerprint density at radius 2 is 1.58 bits per heavy atom. The van der Waals surface area contributed by atoms with Crippen molar-refractivity contribution in [3.05, 3.63) is 23.3 Å². The summed E-state index contributed by atoms with van der Waals surface area (Å²) in [5.74, 6) is 3.12. The van der Waals surface area contributed by atoms with E-state index in [-0.39, 0.29) is 16.9 Å². The zero-order valence-electron chi connectivity index (χ0n) is 21.6. The Hall–Kier alpha value is -0.560. The molecule has 0 saturated heterocycles. The van der Waals surface area contributed by atoms with Gasteiger partial charge in [-0.2, -0.15) is 0 Å². The molecule has 0 spiro atoms. The van der Waals surface area contributed by atoms with E-state index < -0.39 is 0 Å². The van der Waals surface area contributed by atoms with E-state index in [1.54, 1.807) is 5.57 Å². The average Bonchev–Trinajstić information content (AvgIpc) is 2.69. The highest BCUT2D eigenvalue weighted by molar-refractivity contribution is 5.39. The largest absolute Gasteiger partial charge is 0.392 e. The highest BCUT2D eigenvalue weighted by Crippen LogP contribution is 2.74. The first-order chi connectivity index (χ1) is 14.3. The molecule has 0 unspecified atom stereocenters. The van der Waals surface area contributed by atoms with E-state index in [0.717, 1.165) is 30.6 Å². The molecule has 5 aliphatic carbocycles. The molecule has 5 aliphatic rings. The maximum absolute atomic E-state index is 10.8. The van der Waals surface area contributed by atoms with Crippen molar-refractivity contribution in [1.29, 1.82) is 0 Å². The third-order valence-corrected chi connectivity index (χ3v) is 12.7. The molecule has 3 fully saturated rings. The molecule has 1 heteroatoms. The van der Waals surface area contributed by atoms with Crippen LogP contribution in [0, 0.1) is 50.7 Å². The number of fused-ring (bicyclic) bond motifs is 7. The molecule has 0 aromatic rings. The number of rotatable bonds is 0. The molecule has 0 amide bonds. The lowest BCUT2D eigenvalue weighted by Crippen LogP contribution is -2.61. The van der Waals surface area contributed by atoms with Gasteiger partial charge in [0.15, 0.2) is 0 Å². The molecule has 5 rings (SSSR count). The summed E-state index contributed by atoms with van der Waals surface area (Å²) in [5.41, 5.74) is 4.73. The fraction of sp³-hybridized carbons (Fsp3) is 0.867. The summed E-state index contributed by atoms with van der Waals surface area (Å²) in [6.45, 7) is 20.2. The Balaban J connectivity index is 1.61. The quantitative estimate of drug-likeness (QED) is 0.391. The third-order valence-electron chi connectivity index (χ3n) is 12.7. The molecule has 1 nitrogen and oxygen atoms in total. The van der Waals surface area contributed by atoms with Crippen LogP contribution in [0.2, 0.25) is 0 Å².